The summed E-state index contributed by atoms with van der Waals surface area (Å²) in [4.78, 5) is 46.5. The summed E-state index contributed by atoms with van der Waals surface area (Å²) < 4.78 is 4.95. The molecule has 9 heteroatoms. The van der Waals surface area contributed by atoms with Gasteiger partial charge in [-0.3, -0.25) is 9.59 Å². The second-order valence-electron chi connectivity index (χ2n) is 14.0. The first kappa shape index (κ1) is 30.6. The van der Waals surface area contributed by atoms with Crippen LogP contribution >= 0.6 is 0 Å². The van der Waals surface area contributed by atoms with Crippen LogP contribution in [-0.4, -0.2) is 58.8 Å². The third-order valence-electron chi connectivity index (χ3n) is 12.0. The number of benzene rings is 1. The van der Waals surface area contributed by atoms with Crippen LogP contribution in [-0.2, 0) is 30.4 Å². The number of ketones is 1. The first-order valence-electron chi connectivity index (χ1n) is 16.1. The second kappa shape index (κ2) is 11.5. The van der Waals surface area contributed by atoms with Crippen molar-refractivity contribution in [1.29, 1.82) is 0 Å². The molecule has 3 N–H and O–H groups in total. The minimum absolute atomic E-state index is 0.0632. The Hall–Kier alpha value is -3.46. The molecule has 1 heterocycles. The van der Waals surface area contributed by atoms with Gasteiger partial charge in [0.25, 0.3) is 5.91 Å². The summed E-state index contributed by atoms with van der Waals surface area (Å²) in [6, 6.07) is 6.96. The highest BCUT2D eigenvalue weighted by Crippen LogP contribution is 2.67. The van der Waals surface area contributed by atoms with Crippen molar-refractivity contribution in [3.8, 4) is 0 Å². The molecule has 0 aliphatic heterocycles. The number of ether oxygens (including phenoxy) is 1. The van der Waals surface area contributed by atoms with Gasteiger partial charge in [-0.1, -0.05) is 42.8 Å². The Bertz CT molecular complexity index is 1530. The largest absolute Gasteiger partial charge is 0.467 e. The lowest BCUT2D eigenvalue weighted by atomic mass is 9.46. The number of para-hydroxylation sites is 1. The lowest BCUT2D eigenvalue weighted by Gasteiger charge is -2.59. The highest BCUT2D eigenvalue weighted by Gasteiger charge is 2.65. The third-order valence-corrected chi connectivity index (χ3v) is 12.0. The van der Waals surface area contributed by atoms with Crippen molar-refractivity contribution in [2.24, 2.45) is 33.7 Å². The molecule has 9 nitrogen and oxygen atoms in total. The summed E-state index contributed by atoms with van der Waals surface area (Å²) in [7, 11) is 1.31. The Labute approximate surface area is 258 Å². The fourth-order valence-corrected chi connectivity index (χ4v) is 9.50. The van der Waals surface area contributed by atoms with Crippen LogP contribution in [0, 0.1) is 28.6 Å². The van der Waals surface area contributed by atoms with Crippen molar-refractivity contribution < 1.29 is 29.1 Å². The first-order valence-corrected chi connectivity index (χ1v) is 16.1. The van der Waals surface area contributed by atoms with E-state index < -0.39 is 23.5 Å². The van der Waals surface area contributed by atoms with Gasteiger partial charge in [-0.05, 0) is 99.2 Å². The van der Waals surface area contributed by atoms with Gasteiger partial charge in [-0.25, -0.2) is 4.79 Å². The van der Waals surface area contributed by atoms with Gasteiger partial charge in [-0.2, -0.15) is 0 Å². The molecule has 0 unspecified atom stereocenters. The molecule has 236 valence electrons. The number of hydrogen-bond acceptors (Lipinski definition) is 7. The van der Waals surface area contributed by atoms with Gasteiger partial charge in [0.2, 0.25) is 0 Å². The maximum Gasteiger partial charge on any atom is 0.328 e. The van der Waals surface area contributed by atoms with Crippen molar-refractivity contribution in [1.82, 2.24) is 10.3 Å². The molecule has 1 amide bonds. The van der Waals surface area contributed by atoms with Crippen molar-refractivity contribution in [3.63, 3.8) is 0 Å². The SMILES string of the molecule is COC(=O)[C@@H](Cc1c[nH]c2ccccc12)NC(=O)CO/N=C1/C=C2CC[C@@H]3[C@H](CC[C@@]4(C)[C@H]3CC[C@]4(O)C(C)=O)[C@@]2(C)CC1. The third kappa shape index (κ3) is 4.97. The number of aromatic amines is 1. The average molecular weight is 604 g/mol. The van der Waals surface area contributed by atoms with Crippen LogP contribution in [0.25, 0.3) is 10.9 Å². The summed E-state index contributed by atoms with van der Waals surface area (Å²) in [5.41, 5.74) is 2.63. The van der Waals surface area contributed by atoms with Gasteiger partial charge in [-0.15, -0.1) is 0 Å². The van der Waals surface area contributed by atoms with E-state index in [2.05, 4.69) is 35.4 Å². The summed E-state index contributed by atoms with van der Waals surface area (Å²) in [5.74, 6) is 0.366. The zero-order valence-corrected chi connectivity index (χ0v) is 26.3. The Morgan fingerprint density at radius 3 is 2.64 bits per heavy atom. The van der Waals surface area contributed by atoms with E-state index in [1.807, 2.05) is 30.5 Å². The standard InChI is InChI=1S/C35H45N3O6/c1-21(39)35(42)16-13-28-26-10-9-23-18-24(11-14-33(23,2)27(26)12-15-34(28,35)3)38-44-20-31(40)37-30(32(41)43-4)17-22-19-36-29-8-6-5-7-25(22)29/h5-8,18-19,26-28,30,36,42H,9-17,20H2,1-4H3,(H,37,40)/b38-24+/t26-,27+,28+,30-,33+,34+,35+/m1/s1. The number of Topliss-reactive ketones (excluding diaryl/α,β-unsaturated/α-hetero) is 1. The number of aromatic nitrogens is 1. The lowest BCUT2D eigenvalue weighted by molar-refractivity contribution is -0.159. The zero-order valence-electron chi connectivity index (χ0n) is 26.3. The van der Waals surface area contributed by atoms with Gasteiger partial charge in [0.05, 0.1) is 12.8 Å². The molecule has 3 saturated carbocycles. The number of rotatable bonds is 8. The smallest absolute Gasteiger partial charge is 0.328 e. The Morgan fingerprint density at radius 2 is 1.86 bits per heavy atom. The summed E-state index contributed by atoms with van der Waals surface area (Å²) in [6.45, 7) is 5.80. The summed E-state index contributed by atoms with van der Waals surface area (Å²) in [5, 5.41) is 19.5. The van der Waals surface area contributed by atoms with E-state index in [4.69, 9.17) is 9.57 Å². The number of nitrogens with zero attached hydrogens (tertiary/aromatic N) is 1. The predicted octanol–water partition coefficient (Wildman–Crippen LogP) is 5.02. The Kier molecular flexibility index (Phi) is 7.97. The number of methoxy groups -OCH3 is 1. The van der Waals surface area contributed by atoms with Crippen LogP contribution in [0.3, 0.4) is 0 Å². The van der Waals surface area contributed by atoms with Gasteiger partial charge >= 0.3 is 5.97 Å². The number of allylic oxidation sites excluding steroid dienone is 2. The maximum atomic E-state index is 12.8. The molecule has 4 aliphatic rings. The van der Waals surface area contributed by atoms with Crippen LogP contribution < -0.4 is 5.32 Å². The maximum absolute atomic E-state index is 12.8. The fourth-order valence-electron chi connectivity index (χ4n) is 9.50. The molecule has 3 fully saturated rings. The highest BCUT2D eigenvalue weighted by molar-refractivity contribution is 5.96. The normalized spacial score (nSPS) is 34.3. The van der Waals surface area contributed by atoms with E-state index in [0.29, 0.717) is 24.2 Å². The molecular weight excluding hydrogens is 558 g/mol. The molecular formula is C35H45N3O6. The molecule has 0 spiro atoms. The molecule has 44 heavy (non-hydrogen) atoms. The Balaban J connectivity index is 1.08. The van der Waals surface area contributed by atoms with E-state index >= 15 is 0 Å². The first-order chi connectivity index (χ1) is 21.0. The topological polar surface area (TPSA) is 130 Å². The predicted molar refractivity (Wildman–Crippen MR) is 167 cm³/mol. The van der Waals surface area contributed by atoms with E-state index in [1.54, 1.807) is 6.92 Å². The van der Waals surface area contributed by atoms with E-state index in [9.17, 15) is 19.5 Å². The second-order valence-corrected chi connectivity index (χ2v) is 14.0. The number of nitrogens with one attached hydrogen (secondary N) is 2. The average Bonchev–Trinajstić information content (AvgIpc) is 3.54. The monoisotopic (exact) mass is 603 g/mol. The van der Waals surface area contributed by atoms with E-state index in [0.717, 1.165) is 67.1 Å². The van der Waals surface area contributed by atoms with E-state index in [-0.39, 0.29) is 29.6 Å². The number of esters is 1. The van der Waals surface area contributed by atoms with E-state index in [1.165, 1.54) is 12.7 Å². The molecule has 2 aromatic rings. The zero-order chi connectivity index (χ0) is 31.3. The van der Waals surface area contributed by atoms with Gasteiger partial charge in [0, 0.05) is 28.9 Å². The minimum Gasteiger partial charge on any atom is -0.467 e. The van der Waals surface area contributed by atoms with Gasteiger partial charge in [0.15, 0.2) is 12.4 Å². The number of oxime groups is 1. The van der Waals surface area contributed by atoms with Crippen LogP contribution in [0.15, 0.2) is 47.3 Å². The van der Waals surface area contributed by atoms with Crippen molar-refractivity contribution in [2.45, 2.75) is 90.2 Å². The summed E-state index contributed by atoms with van der Waals surface area (Å²) >= 11 is 0. The molecule has 1 aromatic carbocycles. The van der Waals surface area contributed by atoms with Crippen LogP contribution in [0.1, 0.15) is 77.7 Å². The van der Waals surface area contributed by atoms with Gasteiger partial charge < -0.3 is 25.0 Å². The number of amides is 1. The number of aliphatic hydroxyl groups is 1. The molecule has 6 rings (SSSR count). The van der Waals surface area contributed by atoms with Crippen molar-refractivity contribution in [2.75, 3.05) is 13.7 Å². The van der Waals surface area contributed by atoms with Crippen molar-refractivity contribution in [3.05, 3.63) is 47.7 Å². The number of carbonyl (C=O) groups is 3. The van der Waals surface area contributed by atoms with Crippen LogP contribution in [0.4, 0.5) is 0 Å². The summed E-state index contributed by atoms with van der Waals surface area (Å²) in [6.07, 6.45) is 11.4. The number of hydrogen-bond donors (Lipinski definition) is 3. The fraction of sp³-hybridized carbons (Fsp3) is 0.600. The molecule has 4 aliphatic carbocycles. The quantitative estimate of drug-likeness (QED) is 0.287. The molecule has 0 radical (unpaired) electrons. The number of fused-ring (bicyclic) bond motifs is 6. The van der Waals surface area contributed by atoms with Crippen LogP contribution in [0.5, 0.6) is 0 Å². The molecule has 0 bridgehead atoms. The Morgan fingerprint density at radius 1 is 1.09 bits per heavy atom. The highest BCUT2D eigenvalue weighted by atomic mass is 16.6. The molecule has 7 atom stereocenters. The van der Waals surface area contributed by atoms with Gasteiger partial charge in [0.1, 0.15) is 11.6 Å². The van der Waals surface area contributed by atoms with Crippen LogP contribution in [0.2, 0.25) is 0 Å². The van der Waals surface area contributed by atoms with Crippen molar-refractivity contribution >= 4 is 34.3 Å². The minimum atomic E-state index is -1.19. The molecule has 0 saturated heterocycles. The molecule has 1 aromatic heterocycles. The lowest BCUT2D eigenvalue weighted by Crippen LogP contribution is -2.57. The number of H-pyrrole nitrogens is 1. The number of carbonyl (C=O) groups excluding carboxylic acids is 3.